The molecule has 2 rings (SSSR count). The zero-order valence-corrected chi connectivity index (χ0v) is 12.6. The summed E-state index contributed by atoms with van der Waals surface area (Å²) >= 11 is 5.93. The molecule has 3 heteroatoms. The van der Waals surface area contributed by atoms with Gasteiger partial charge in [-0.25, -0.2) is 4.39 Å². The highest BCUT2D eigenvalue weighted by molar-refractivity contribution is 6.31. The maximum absolute atomic E-state index is 13.4. The number of rotatable bonds is 3. The van der Waals surface area contributed by atoms with E-state index in [1.54, 1.807) is 12.1 Å². The molecule has 0 amide bonds. The second-order valence-electron chi connectivity index (χ2n) is 5.23. The number of aliphatic hydroxyl groups excluding tert-OH is 1. The van der Waals surface area contributed by atoms with Crippen molar-refractivity contribution in [2.24, 2.45) is 0 Å². The molecule has 0 aliphatic carbocycles. The maximum Gasteiger partial charge on any atom is 0.142 e. The molecule has 0 bridgehead atoms. The SMILES string of the molecule is Cc1cc(C)c(C(O)Cc2cccc(F)c2Cl)cc1C. The zero-order valence-electron chi connectivity index (χ0n) is 11.9. The fraction of sp³-hybridized carbons (Fsp3) is 0.294. The fourth-order valence-corrected chi connectivity index (χ4v) is 2.57. The van der Waals surface area contributed by atoms with E-state index in [1.807, 2.05) is 26.8 Å². The monoisotopic (exact) mass is 292 g/mol. The first-order valence-electron chi connectivity index (χ1n) is 6.59. The van der Waals surface area contributed by atoms with Crippen LogP contribution < -0.4 is 0 Å². The van der Waals surface area contributed by atoms with E-state index >= 15 is 0 Å². The van der Waals surface area contributed by atoms with E-state index in [0.717, 1.165) is 16.7 Å². The van der Waals surface area contributed by atoms with E-state index in [-0.39, 0.29) is 5.02 Å². The molecule has 2 aromatic carbocycles. The summed E-state index contributed by atoms with van der Waals surface area (Å²) in [5, 5.41) is 10.5. The summed E-state index contributed by atoms with van der Waals surface area (Å²) in [6.07, 6.45) is -0.381. The lowest BCUT2D eigenvalue weighted by Gasteiger charge is -2.17. The van der Waals surface area contributed by atoms with Gasteiger partial charge in [0.15, 0.2) is 0 Å². The summed E-state index contributed by atoms with van der Waals surface area (Å²) < 4.78 is 13.4. The summed E-state index contributed by atoms with van der Waals surface area (Å²) in [5.74, 6) is -0.451. The van der Waals surface area contributed by atoms with Crippen LogP contribution in [0.4, 0.5) is 4.39 Å². The Labute approximate surface area is 124 Å². The van der Waals surface area contributed by atoms with Crippen LogP contribution in [-0.2, 0) is 6.42 Å². The van der Waals surface area contributed by atoms with Crippen molar-refractivity contribution in [1.29, 1.82) is 0 Å². The molecule has 1 N–H and O–H groups in total. The van der Waals surface area contributed by atoms with Crippen molar-refractivity contribution >= 4 is 11.6 Å². The molecule has 2 aromatic rings. The van der Waals surface area contributed by atoms with E-state index in [0.29, 0.717) is 12.0 Å². The molecule has 0 aliphatic rings. The molecule has 0 fully saturated rings. The maximum atomic E-state index is 13.4. The third kappa shape index (κ3) is 3.02. The van der Waals surface area contributed by atoms with Gasteiger partial charge >= 0.3 is 0 Å². The van der Waals surface area contributed by atoms with Crippen molar-refractivity contribution in [1.82, 2.24) is 0 Å². The molecule has 106 valence electrons. The Kier molecular flexibility index (Phi) is 4.46. The minimum Gasteiger partial charge on any atom is -0.388 e. The van der Waals surface area contributed by atoms with Crippen LogP contribution in [0.15, 0.2) is 30.3 Å². The Bertz CT molecular complexity index is 637. The van der Waals surface area contributed by atoms with Crippen molar-refractivity contribution in [2.75, 3.05) is 0 Å². The van der Waals surface area contributed by atoms with Crippen LogP contribution in [0.5, 0.6) is 0 Å². The highest BCUT2D eigenvalue weighted by atomic mass is 35.5. The summed E-state index contributed by atoms with van der Waals surface area (Å²) in [7, 11) is 0. The molecule has 0 radical (unpaired) electrons. The Balaban J connectivity index is 2.31. The van der Waals surface area contributed by atoms with Crippen molar-refractivity contribution in [2.45, 2.75) is 33.3 Å². The standard InChI is InChI=1S/C17H18ClFO/c1-10-7-12(3)14(8-11(10)2)16(20)9-13-5-4-6-15(19)17(13)18/h4-8,16,20H,9H2,1-3H3. The van der Waals surface area contributed by atoms with Gasteiger partial charge in [0, 0.05) is 6.42 Å². The Morgan fingerprint density at radius 3 is 2.45 bits per heavy atom. The van der Waals surface area contributed by atoms with Gasteiger partial charge in [0.25, 0.3) is 0 Å². The quantitative estimate of drug-likeness (QED) is 0.871. The van der Waals surface area contributed by atoms with E-state index in [4.69, 9.17) is 11.6 Å². The molecule has 20 heavy (non-hydrogen) atoms. The van der Waals surface area contributed by atoms with Crippen LogP contribution in [0.25, 0.3) is 0 Å². The molecule has 1 atom stereocenters. The van der Waals surface area contributed by atoms with Crippen LogP contribution in [0, 0.1) is 26.6 Å². The topological polar surface area (TPSA) is 20.2 Å². The molecule has 0 spiro atoms. The Morgan fingerprint density at radius 1 is 1.10 bits per heavy atom. The minimum absolute atomic E-state index is 0.0908. The zero-order chi connectivity index (χ0) is 14.9. The highest BCUT2D eigenvalue weighted by Crippen LogP contribution is 2.28. The van der Waals surface area contributed by atoms with Gasteiger partial charge in [0.05, 0.1) is 11.1 Å². The van der Waals surface area contributed by atoms with Crippen LogP contribution >= 0.6 is 11.6 Å². The van der Waals surface area contributed by atoms with Gasteiger partial charge in [-0.2, -0.15) is 0 Å². The number of aryl methyl sites for hydroxylation is 3. The number of halogens is 2. The second kappa shape index (κ2) is 5.94. The summed E-state index contributed by atoms with van der Waals surface area (Å²) in [6.45, 7) is 6.03. The van der Waals surface area contributed by atoms with Gasteiger partial charge in [-0.15, -0.1) is 0 Å². The number of hydrogen-bond acceptors (Lipinski definition) is 1. The minimum atomic E-state index is -0.686. The Morgan fingerprint density at radius 2 is 1.75 bits per heavy atom. The van der Waals surface area contributed by atoms with Crippen LogP contribution in [-0.4, -0.2) is 5.11 Å². The van der Waals surface area contributed by atoms with Gasteiger partial charge in [-0.05, 0) is 54.7 Å². The molecule has 0 aliphatic heterocycles. The van der Waals surface area contributed by atoms with Crippen LogP contribution in [0.3, 0.4) is 0 Å². The molecule has 0 heterocycles. The molecule has 1 unspecified atom stereocenters. The van der Waals surface area contributed by atoms with Gasteiger partial charge in [0.2, 0.25) is 0 Å². The summed E-state index contributed by atoms with van der Waals surface area (Å²) in [5.41, 5.74) is 4.86. The van der Waals surface area contributed by atoms with Gasteiger partial charge in [0.1, 0.15) is 5.82 Å². The van der Waals surface area contributed by atoms with Crippen molar-refractivity contribution < 1.29 is 9.50 Å². The third-order valence-corrected chi connectivity index (χ3v) is 4.11. The predicted octanol–water partition coefficient (Wildman–Crippen LogP) is 4.68. The van der Waals surface area contributed by atoms with Crippen molar-refractivity contribution in [3.63, 3.8) is 0 Å². The second-order valence-corrected chi connectivity index (χ2v) is 5.60. The first-order valence-corrected chi connectivity index (χ1v) is 6.96. The third-order valence-electron chi connectivity index (χ3n) is 3.69. The summed E-state index contributed by atoms with van der Waals surface area (Å²) in [4.78, 5) is 0. The lowest BCUT2D eigenvalue weighted by molar-refractivity contribution is 0.177. The normalized spacial score (nSPS) is 12.5. The molecule has 0 aromatic heterocycles. The number of aliphatic hydroxyl groups is 1. The molecule has 1 nitrogen and oxygen atoms in total. The van der Waals surface area contributed by atoms with Crippen molar-refractivity contribution in [3.8, 4) is 0 Å². The first-order chi connectivity index (χ1) is 9.40. The largest absolute Gasteiger partial charge is 0.388 e. The summed E-state index contributed by atoms with van der Waals surface area (Å²) in [6, 6.07) is 8.71. The molecule has 0 saturated heterocycles. The highest BCUT2D eigenvalue weighted by Gasteiger charge is 2.15. The molecule has 0 saturated carbocycles. The number of hydrogen-bond donors (Lipinski definition) is 1. The van der Waals surface area contributed by atoms with E-state index in [1.165, 1.54) is 11.6 Å². The average Bonchev–Trinajstić information content (AvgIpc) is 2.39. The average molecular weight is 293 g/mol. The van der Waals surface area contributed by atoms with E-state index in [9.17, 15) is 9.50 Å². The van der Waals surface area contributed by atoms with Crippen molar-refractivity contribution in [3.05, 3.63) is 69.0 Å². The first kappa shape index (κ1) is 15.0. The van der Waals surface area contributed by atoms with Crippen LogP contribution in [0.1, 0.15) is 33.9 Å². The smallest absolute Gasteiger partial charge is 0.142 e. The lowest BCUT2D eigenvalue weighted by atomic mass is 9.94. The van der Waals surface area contributed by atoms with Gasteiger partial charge in [-0.3, -0.25) is 0 Å². The predicted molar refractivity (Wildman–Crippen MR) is 80.7 cm³/mol. The fourth-order valence-electron chi connectivity index (χ4n) is 2.37. The lowest BCUT2D eigenvalue weighted by Crippen LogP contribution is -2.06. The van der Waals surface area contributed by atoms with Gasteiger partial charge < -0.3 is 5.11 Å². The number of benzene rings is 2. The molecular formula is C17H18ClFO. The van der Waals surface area contributed by atoms with Gasteiger partial charge in [-0.1, -0.05) is 35.9 Å². The molecular weight excluding hydrogens is 275 g/mol. The Hall–Kier alpha value is -1.38. The van der Waals surface area contributed by atoms with E-state index in [2.05, 4.69) is 6.07 Å². The van der Waals surface area contributed by atoms with E-state index < -0.39 is 11.9 Å². The van der Waals surface area contributed by atoms with Crippen LogP contribution in [0.2, 0.25) is 5.02 Å².